The van der Waals surface area contributed by atoms with Crippen molar-refractivity contribution < 1.29 is 20.4 Å². The zero-order chi connectivity index (χ0) is 33.0. The fraction of sp³-hybridized carbons (Fsp3) is 0.667. The Labute approximate surface area is 261 Å². The number of nitrogens with one attached hydrogen (secondary N) is 1. The summed E-state index contributed by atoms with van der Waals surface area (Å²) in [7, 11) is 0. The largest absolute Gasteiger partial charge is 0.494 e. The Morgan fingerprint density at radius 2 is 0.953 bits per heavy atom. The smallest absolute Gasteiger partial charge is 0.197 e. The molecule has 0 amide bonds. The molecule has 2 heterocycles. The maximum atomic E-state index is 10.8. The SMILES string of the molecule is C=C(Cc1cc(O)n(CCNCCn2c(O)cc(CC(=C)CC(C)(C)CC(C)(C)C)c2O)c1O)CC(C)(C)CC(C)(C)C. The van der Waals surface area contributed by atoms with Gasteiger partial charge >= 0.3 is 0 Å². The van der Waals surface area contributed by atoms with Crippen molar-refractivity contribution in [3.05, 3.63) is 47.6 Å². The van der Waals surface area contributed by atoms with E-state index in [9.17, 15) is 20.4 Å². The van der Waals surface area contributed by atoms with E-state index < -0.39 is 0 Å². The van der Waals surface area contributed by atoms with Crippen LogP contribution in [0.4, 0.5) is 0 Å². The molecule has 0 radical (unpaired) electrons. The van der Waals surface area contributed by atoms with Gasteiger partial charge in [-0.15, -0.1) is 0 Å². The highest BCUT2D eigenvalue weighted by atomic mass is 16.3. The first kappa shape index (κ1) is 36.4. The molecule has 7 nitrogen and oxygen atoms in total. The molecule has 2 aromatic rings. The molecule has 0 unspecified atom stereocenters. The molecule has 0 spiro atoms. The van der Waals surface area contributed by atoms with E-state index in [-0.39, 0.29) is 45.2 Å². The topological polar surface area (TPSA) is 103 Å². The van der Waals surface area contributed by atoms with Crippen LogP contribution in [0.15, 0.2) is 36.4 Å². The molecule has 43 heavy (non-hydrogen) atoms. The van der Waals surface area contributed by atoms with Crippen molar-refractivity contribution in [2.24, 2.45) is 21.7 Å². The Bertz CT molecular complexity index is 1150. The first-order valence-corrected chi connectivity index (χ1v) is 15.7. The number of aromatic hydroxyl groups is 4. The Hall–Kier alpha value is -2.80. The second-order valence-corrected chi connectivity index (χ2v) is 16.8. The molecule has 2 aromatic heterocycles. The molecule has 0 aliphatic carbocycles. The average molecular weight is 600 g/mol. The summed E-state index contributed by atoms with van der Waals surface area (Å²) in [6.45, 7) is 32.7. The van der Waals surface area contributed by atoms with Crippen LogP contribution in [0.2, 0.25) is 0 Å². The third-order valence-electron chi connectivity index (χ3n) is 7.63. The molecule has 244 valence electrons. The Morgan fingerprint density at radius 3 is 1.26 bits per heavy atom. The molecule has 0 aliphatic rings. The molecule has 0 saturated heterocycles. The van der Waals surface area contributed by atoms with E-state index in [0.717, 1.165) is 36.8 Å². The first-order valence-electron chi connectivity index (χ1n) is 15.7. The van der Waals surface area contributed by atoms with Crippen molar-refractivity contribution in [2.75, 3.05) is 13.1 Å². The molecule has 0 fully saturated rings. The minimum absolute atomic E-state index is 0.0206. The molecule has 7 heteroatoms. The summed E-state index contributed by atoms with van der Waals surface area (Å²) in [5.74, 6) is 0.162. The fourth-order valence-corrected chi connectivity index (χ4v) is 7.38. The number of rotatable bonds is 16. The summed E-state index contributed by atoms with van der Waals surface area (Å²) in [6.07, 6.45) is 4.86. The molecular formula is C36H61N3O4. The van der Waals surface area contributed by atoms with Crippen LogP contribution in [-0.2, 0) is 25.9 Å². The molecule has 0 aromatic carbocycles. The minimum Gasteiger partial charge on any atom is -0.494 e. The summed E-state index contributed by atoms with van der Waals surface area (Å²) in [6, 6.07) is 3.24. The van der Waals surface area contributed by atoms with Gasteiger partial charge in [0.1, 0.15) is 0 Å². The zero-order valence-electron chi connectivity index (χ0n) is 28.8. The molecule has 0 bridgehead atoms. The van der Waals surface area contributed by atoms with E-state index in [4.69, 9.17) is 0 Å². The van der Waals surface area contributed by atoms with Gasteiger partial charge in [-0.3, -0.25) is 9.13 Å². The number of aromatic nitrogens is 2. The zero-order valence-corrected chi connectivity index (χ0v) is 28.8. The van der Waals surface area contributed by atoms with E-state index in [2.05, 4.69) is 87.7 Å². The third kappa shape index (κ3) is 12.0. The van der Waals surface area contributed by atoms with Crippen molar-refractivity contribution in [3.8, 4) is 23.5 Å². The van der Waals surface area contributed by atoms with Gasteiger partial charge in [0.25, 0.3) is 0 Å². The Balaban J connectivity index is 1.88. The highest BCUT2D eigenvalue weighted by Crippen LogP contribution is 2.40. The van der Waals surface area contributed by atoms with E-state index in [1.165, 1.54) is 9.13 Å². The maximum absolute atomic E-state index is 10.8. The van der Waals surface area contributed by atoms with Crippen molar-refractivity contribution in [3.63, 3.8) is 0 Å². The monoisotopic (exact) mass is 599 g/mol. The maximum Gasteiger partial charge on any atom is 0.197 e. The fourth-order valence-electron chi connectivity index (χ4n) is 7.38. The lowest BCUT2D eigenvalue weighted by Crippen LogP contribution is -2.24. The summed E-state index contributed by atoms with van der Waals surface area (Å²) >= 11 is 0. The van der Waals surface area contributed by atoms with Crippen LogP contribution < -0.4 is 5.32 Å². The lowest BCUT2D eigenvalue weighted by molar-refractivity contribution is 0.210. The van der Waals surface area contributed by atoms with E-state index in [0.29, 0.717) is 50.1 Å². The third-order valence-corrected chi connectivity index (χ3v) is 7.63. The van der Waals surface area contributed by atoms with Crippen LogP contribution in [0.1, 0.15) is 106 Å². The lowest BCUT2D eigenvalue weighted by Gasteiger charge is -2.33. The number of allylic oxidation sites excluding steroid dienone is 2. The summed E-state index contributed by atoms with van der Waals surface area (Å²) in [4.78, 5) is 0. The average Bonchev–Trinajstić information content (AvgIpc) is 3.17. The predicted octanol–water partition coefficient (Wildman–Crippen LogP) is 8.30. The van der Waals surface area contributed by atoms with E-state index in [1.807, 2.05) is 0 Å². The van der Waals surface area contributed by atoms with Crippen molar-refractivity contribution in [1.29, 1.82) is 0 Å². The standard InChI is InChI=1S/C36H61N3O4/c1-25(21-35(9,10)23-33(3,4)5)17-27-19-29(40)38(31(27)42)15-13-37-14-16-39-30(41)20-28(32(39)43)18-26(2)22-36(11,12)24-34(6,7)8/h19-20,37,40-43H,1-2,13-18,21-24H2,3-12H3. The van der Waals surface area contributed by atoms with Gasteiger partial charge < -0.3 is 25.7 Å². The van der Waals surface area contributed by atoms with Crippen LogP contribution in [0.3, 0.4) is 0 Å². The number of hydrogen-bond acceptors (Lipinski definition) is 5. The molecule has 2 rings (SSSR count). The molecule has 0 atom stereocenters. The summed E-state index contributed by atoms with van der Waals surface area (Å²) in [5, 5.41) is 45.9. The molecule has 0 saturated carbocycles. The van der Waals surface area contributed by atoms with Crippen molar-refractivity contribution in [2.45, 2.75) is 121 Å². The second kappa shape index (κ2) is 13.9. The van der Waals surface area contributed by atoms with Gasteiger partial charge in [-0.1, -0.05) is 93.5 Å². The number of nitrogens with zero attached hydrogens (tertiary/aromatic N) is 2. The molecule has 5 N–H and O–H groups in total. The lowest BCUT2D eigenvalue weighted by atomic mass is 9.72. The van der Waals surface area contributed by atoms with Crippen molar-refractivity contribution >= 4 is 0 Å². The Morgan fingerprint density at radius 1 is 0.628 bits per heavy atom. The van der Waals surface area contributed by atoms with Crippen LogP contribution in [0, 0.1) is 21.7 Å². The molecule has 0 aliphatic heterocycles. The van der Waals surface area contributed by atoms with Gasteiger partial charge in [0.05, 0.1) is 0 Å². The van der Waals surface area contributed by atoms with Gasteiger partial charge in [0.15, 0.2) is 23.5 Å². The Kier molecular flexibility index (Phi) is 11.7. The van der Waals surface area contributed by atoms with Crippen LogP contribution in [0.5, 0.6) is 23.5 Å². The van der Waals surface area contributed by atoms with Gasteiger partial charge in [-0.25, -0.2) is 0 Å². The van der Waals surface area contributed by atoms with Gasteiger partial charge in [-0.2, -0.15) is 0 Å². The molecular weight excluding hydrogens is 538 g/mol. The van der Waals surface area contributed by atoms with Gasteiger partial charge in [-0.05, 0) is 60.2 Å². The minimum atomic E-state index is 0.0206. The highest BCUT2D eigenvalue weighted by molar-refractivity contribution is 5.39. The van der Waals surface area contributed by atoms with E-state index >= 15 is 0 Å². The van der Waals surface area contributed by atoms with Crippen LogP contribution in [0.25, 0.3) is 0 Å². The summed E-state index contributed by atoms with van der Waals surface area (Å²) in [5.41, 5.74) is 4.05. The van der Waals surface area contributed by atoms with Gasteiger partial charge in [0, 0.05) is 49.4 Å². The van der Waals surface area contributed by atoms with Gasteiger partial charge in [0.2, 0.25) is 0 Å². The highest BCUT2D eigenvalue weighted by Gasteiger charge is 2.28. The first-order chi connectivity index (χ1) is 19.5. The summed E-state index contributed by atoms with van der Waals surface area (Å²) < 4.78 is 2.98. The normalized spacial score (nSPS) is 13.1. The van der Waals surface area contributed by atoms with E-state index in [1.54, 1.807) is 12.1 Å². The second-order valence-electron chi connectivity index (χ2n) is 16.8. The van der Waals surface area contributed by atoms with Crippen LogP contribution in [-0.4, -0.2) is 42.6 Å². The quantitative estimate of drug-likeness (QED) is 0.0986. The predicted molar refractivity (Wildman–Crippen MR) is 179 cm³/mol. The van der Waals surface area contributed by atoms with Crippen molar-refractivity contribution in [1.82, 2.24) is 14.5 Å². The van der Waals surface area contributed by atoms with Crippen LogP contribution >= 0.6 is 0 Å². The number of hydrogen-bond donors (Lipinski definition) is 5.